The van der Waals surface area contributed by atoms with E-state index in [1.807, 2.05) is 0 Å². The lowest BCUT2D eigenvalue weighted by atomic mass is 10.2. The summed E-state index contributed by atoms with van der Waals surface area (Å²) in [5.41, 5.74) is 0.264. The van der Waals surface area contributed by atoms with Crippen LogP contribution in [0, 0.1) is 0 Å². The molecule has 0 saturated heterocycles. The van der Waals surface area contributed by atoms with Crippen molar-refractivity contribution in [3.8, 4) is 17.2 Å². The van der Waals surface area contributed by atoms with Gasteiger partial charge in [0.25, 0.3) is 0 Å². The average Bonchev–Trinajstić information content (AvgIpc) is 2.72. The molecule has 7 nitrogen and oxygen atoms in total. The molecule has 0 N–H and O–H groups in total. The summed E-state index contributed by atoms with van der Waals surface area (Å²) in [6.45, 7) is 5.99. The highest BCUT2D eigenvalue weighted by Gasteiger charge is 2.10. The van der Waals surface area contributed by atoms with Crippen molar-refractivity contribution in [2.45, 2.75) is 0 Å². The van der Waals surface area contributed by atoms with Gasteiger partial charge in [-0.05, 0) is 48.5 Å². The second-order valence-electron chi connectivity index (χ2n) is 5.40. The highest BCUT2D eigenvalue weighted by molar-refractivity contribution is 5.91. The van der Waals surface area contributed by atoms with Crippen LogP contribution in [0.2, 0.25) is 0 Å². The minimum atomic E-state index is -1.18. The standard InChI is InChI=1S/C21H17FO7/c1-3-19(23)28-17-6-4-15(5-7-17)21(25)29-18-10-8-16(9-11-18)26-12-13-27-20(24)14(2)22/h3-11H,1-2,12-13H2. The SMILES string of the molecule is C=CC(=O)Oc1ccc(C(=O)Oc2ccc(OCCOC(=O)C(=C)F)cc2)cc1. The minimum absolute atomic E-state index is 0.0148. The van der Waals surface area contributed by atoms with Crippen LogP contribution in [0.15, 0.2) is 73.6 Å². The lowest BCUT2D eigenvalue weighted by Crippen LogP contribution is -2.12. The Balaban J connectivity index is 1.83. The van der Waals surface area contributed by atoms with Gasteiger partial charge in [0.2, 0.25) is 5.83 Å². The normalized spacial score (nSPS) is 9.83. The maximum atomic E-state index is 12.4. The van der Waals surface area contributed by atoms with Gasteiger partial charge < -0.3 is 18.9 Å². The third kappa shape index (κ3) is 6.94. The van der Waals surface area contributed by atoms with Gasteiger partial charge in [0.1, 0.15) is 30.5 Å². The smallest absolute Gasteiger partial charge is 0.366 e. The Morgan fingerprint density at radius 1 is 0.862 bits per heavy atom. The van der Waals surface area contributed by atoms with Crippen molar-refractivity contribution in [2.75, 3.05) is 13.2 Å². The van der Waals surface area contributed by atoms with E-state index in [9.17, 15) is 18.8 Å². The summed E-state index contributed by atoms with van der Waals surface area (Å²) in [4.78, 5) is 34.2. The Hall–Kier alpha value is -3.94. The second kappa shape index (κ2) is 10.4. The fourth-order valence-corrected chi connectivity index (χ4v) is 1.96. The molecule has 0 spiro atoms. The van der Waals surface area contributed by atoms with Crippen molar-refractivity contribution < 1.29 is 37.7 Å². The van der Waals surface area contributed by atoms with Gasteiger partial charge in [0.15, 0.2) is 0 Å². The van der Waals surface area contributed by atoms with Crippen molar-refractivity contribution in [1.29, 1.82) is 0 Å². The summed E-state index contributed by atoms with van der Waals surface area (Å²) in [5, 5.41) is 0. The van der Waals surface area contributed by atoms with Gasteiger partial charge in [-0.15, -0.1) is 0 Å². The molecule has 0 aromatic heterocycles. The third-order valence-corrected chi connectivity index (χ3v) is 3.32. The Bertz CT molecular complexity index is 902. The Morgan fingerprint density at radius 2 is 1.41 bits per heavy atom. The predicted octanol–water partition coefficient (Wildman–Crippen LogP) is 3.40. The fraction of sp³-hybridized carbons (Fsp3) is 0.0952. The zero-order valence-electron chi connectivity index (χ0n) is 15.3. The van der Waals surface area contributed by atoms with Crippen LogP contribution in [-0.4, -0.2) is 31.1 Å². The van der Waals surface area contributed by atoms with Crippen LogP contribution < -0.4 is 14.2 Å². The van der Waals surface area contributed by atoms with Gasteiger partial charge in [-0.3, -0.25) is 0 Å². The number of benzene rings is 2. The van der Waals surface area contributed by atoms with Crippen LogP contribution in [0.1, 0.15) is 10.4 Å². The molecule has 0 amide bonds. The van der Waals surface area contributed by atoms with Gasteiger partial charge in [0.05, 0.1) is 5.56 Å². The van der Waals surface area contributed by atoms with Crippen LogP contribution in [0.5, 0.6) is 17.2 Å². The van der Waals surface area contributed by atoms with E-state index in [-0.39, 0.29) is 30.3 Å². The van der Waals surface area contributed by atoms with Crippen molar-refractivity contribution in [1.82, 2.24) is 0 Å². The van der Waals surface area contributed by atoms with E-state index in [0.29, 0.717) is 5.75 Å². The number of esters is 3. The molecule has 29 heavy (non-hydrogen) atoms. The van der Waals surface area contributed by atoms with Gasteiger partial charge in [-0.25, -0.2) is 14.4 Å². The van der Waals surface area contributed by atoms with Gasteiger partial charge in [0, 0.05) is 6.08 Å². The molecule has 0 radical (unpaired) electrons. The first-order valence-corrected chi connectivity index (χ1v) is 8.30. The maximum Gasteiger partial charge on any atom is 0.366 e. The van der Waals surface area contributed by atoms with Crippen LogP contribution >= 0.6 is 0 Å². The molecule has 8 heteroatoms. The van der Waals surface area contributed by atoms with Crippen molar-refractivity contribution in [2.24, 2.45) is 0 Å². The lowest BCUT2D eigenvalue weighted by molar-refractivity contribution is -0.141. The molecule has 0 aliphatic rings. The molecule has 0 saturated carbocycles. The molecule has 150 valence electrons. The quantitative estimate of drug-likeness (QED) is 0.276. The largest absolute Gasteiger partial charge is 0.490 e. The number of hydrogen-bond acceptors (Lipinski definition) is 7. The molecule has 0 atom stereocenters. The van der Waals surface area contributed by atoms with E-state index in [1.165, 1.54) is 36.4 Å². The molecular weight excluding hydrogens is 383 g/mol. The number of ether oxygens (including phenoxy) is 4. The van der Waals surface area contributed by atoms with Crippen molar-refractivity contribution >= 4 is 17.9 Å². The van der Waals surface area contributed by atoms with E-state index in [2.05, 4.69) is 17.9 Å². The molecule has 0 heterocycles. The Morgan fingerprint density at radius 3 is 2.00 bits per heavy atom. The molecule has 0 unspecified atom stereocenters. The predicted molar refractivity (Wildman–Crippen MR) is 100 cm³/mol. The van der Waals surface area contributed by atoms with E-state index in [0.717, 1.165) is 6.08 Å². The first kappa shape index (κ1) is 21.4. The second-order valence-corrected chi connectivity index (χ2v) is 5.40. The maximum absolute atomic E-state index is 12.4. The topological polar surface area (TPSA) is 88.1 Å². The third-order valence-electron chi connectivity index (χ3n) is 3.32. The van der Waals surface area contributed by atoms with E-state index in [4.69, 9.17) is 14.2 Å². The Kier molecular flexibility index (Phi) is 7.67. The molecular formula is C21H17FO7. The summed E-state index contributed by atoms with van der Waals surface area (Å²) in [6, 6.07) is 12.0. The van der Waals surface area contributed by atoms with E-state index in [1.54, 1.807) is 12.1 Å². The first-order valence-electron chi connectivity index (χ1n) is 8.30. The van der Waals surface area contributed by atoms with Crippen LogP contribution in [-0.2, 0) is 14.3 Å². The van der Waals surface area contributed by atoms with Crippen LogP contribution in [0.25, 0.3) is 0 Å². The minimum Gasteiger partial charge on any atom is -0.490 e. The molecule has 2 rings (SSSR count). The van der Waals surface area contributed by atoms with Crippen LogP contribution in [0.4, 0.5) is 4.39 Å². The van der Waals surface area contributed by atoms with Gasteiger partial charge in [-0.1, -0.05) is 13.2 Å². The highest BCUT2D eigenvalue weighted by atomic mass is 19.1. The number of halogens is 1. The summed E-state index contributed by atoms with van der Waals surface area (Å²) in [6.07, 6.45) is 1.03. The number of hydrogen-bond donors (Lipinski definition) is 0. The molecule has 0 aliphatic carbocycles. The summed E-state index contributed by atoms with van der Waals surface area (Å²) in [5.74, 6) is -2.52. The summed E-state index contributed by atoms with van der Waals surface area (Å²) in [7, 11) is 0. The number of carbonyl (C=O) groups is 3. The van der Waals surface area contributed by atoms with Gasteiger partial charge >= 0.3 is 17.9 Å². The van der Waals surface area contributed by atoms with Crippen LogP contribution in [0.3, 0.4) is 0 Å². The van der Waals surface area contributed by atoms with Gasteiger partial charge in [-0.2, -0.15) is 4.39 Å². The monoisotopic (exact) mass is 400 g/mol. The molecule has 0 aliphatic heterocycles. The molecule has 2 aromatic carbocycles. The molecule has 0 fully saturated rings. The summed E-state index contributed by atoms with van der Waals surface area (Å²) < 4.78 is 32.5. The van der Waals surface area contributed by atoms with Crippen molar-refractivity contribution in [3.63, 3.8) is 0 Å². The van der Waals surface area contributed by atoms with E-state index < -0.39 is 23.7 Å². The zero-order chi connectivity index (χ0) is 21.2. The first-order chi connectivity index (χ1) is 13.9. The summed E-state index contributed by atoms with van der Waals surface area (Å²) >= 11 is 0. The number of carbonyl (C=O) groups excluding carboxylic acids is 3. The molecule has 0 bridgehead atoms. The van der Waals surface area contributed by atoms with E-state index >= 15 is 0 Å². The Labute approximate surface area is 165 Å². The lowest BCUT2D eigenvalue weighted by Gasteiger charge is -2.08. The fourth-order valence-electron chi connectivity index (χ4n) is 1.96. The van der Waals surface area contributed by atoms with Crippen molar-refractivity contribution in [3.05, 3.63) is 79.2 Å². The average molecular weight is 400 g/mol. The number of rotatable bonds is 9. The zero-order valence-corrected chi connectivity index (χ0v) is 15.3. The molecule has 2 aromatic rings. The highest BCUT2D eigenvalue weighted by Crippen LogP contribution is 2.20.